The molecular formula is C15H20N4. The van der Waals surface area contributed by atoms with E-state index in [1.54, 1.807) is 0 Å². The van der Waals surface area contributed by atoms with Gasteiger partial charge in [-0.2, -0.15) is 5.10 Å². The highest BCUT2D eigenvalue weighted by atomic mass is 15.3. The Morgan fingerprint density at radius 1 is 1.32 bits per heavy atom. The second kappa shape index (κ2) is 5.89. The van der Waals surface area contributed by atoms with Crippen LogP contribution in [0.4, 0.5) is 5.69 Å². The number of nitrogens with one attached hydrogen (secondary N) is 2. The van der Waals surface area contributed by atoms with E-state index in [4.69, 9.17) is 0 Å². The largest absolute Gasteiger partial charge is 0.381 e. The highest BCUT2D eigenvalue weighted by molar-refractivity contribution is 5.52. The number of benzene rings is 1. The molecule has 2 heterocycles. The molecule has 4 heteroatoms. The Morgan fingerprint density at radius 3 is 3.05 bits per heavy atom. The van der Waals surface area contributed by atoms with Gasteiger partial charge in [-0.3, -0.25) is 4.68 Å². The van der Waals surface area contributed by atoms with E-state index in [-0.39, 0.29) is 0 Å². The minimum absolute atomic E-state index is 0.535. The fraction of sp³-hybridized carbons (Fsp3) is 0.400. The van der Waals surface area contributed by atoms with E-state index in [1.165, 1.54) is 24.1 Å². The Labute approximate surface area is 113 Å². The van der Waals surface area contributed by atoms with Crippen molar-refractivity contribution in [3.8, 4) is 0 Å². The first-order chi connectivity index (χ1) is 9.42. The molecule has 2 aromatic rings. The molecule has 0 radical (unpaired) electrons. The van der Waals surface area contributed by atoms with Gasteiger partial charge >= 0.3 is 0 Å². The molecule has 0 amide bonds. The third kappa shape index (κ3) is 3.15. The summed E-state index contributed by atoms with van der Waals surface area (Å²) < 4.78 is 1.96. The van der Waals surface area contributed by atoms with Crippen molar-refractivity contribution in [2.24, 2.45) is 0 Å². The molecule has 1 aliphatic rings. The zero-order valence-electron chi connectivity index (χ0n) is 11.0. The summed E-state index contributed by atoms with van der Waals surface area (Å²) in [6, 6.07) is 11.0. The van der Waals surface area contributed by atoms with Crippen LogP contribution in [-0.2, 0) is 6.54 Å². The molecule has 0 bridgehead atoms. The molecule has 1 fully saturated rings. The lowest BCUT2D eigenvalue weighted by Crippen LogP contribution is -2.38. The molecule has 1 unspecified atom stereocenters. The average molecular weight is 256 g/mol. The number of nitrogens with zero attached hydrogens (tertiary/aromatic N) is 2. The summed E-state index contributed by atoms with van der Waals surface area (Å²) in [7, 11) is 0. The number of anilines is 1. The molecule has 2 N–H and O–H groups in total. The Balaban J connectivity index is 1.73. The van der Waals surface area contributed by atoms with Gasteiger partial charge in [0.2, 0.25) is 0 Å². The van der Waals surface area contributed by atoms with Crippen LogP contribution in [-0.4, -0.2) is 28.9 Å². The maximum Gasteiger partial charge on any atom is 0.0679 e. The summed E-state index contributed by atoms with van der Waals surface area (Å²) in [6.45, 7) is 3.01. The van der Waals surface area contributed by atoms with Gasteiger partial charge in [0.05, 0.1) is 6.54 Å². The highest BCUT2D eigenvalue weighted by Gasteiger charge is 2.13. The molecule has 1 saturated heterocycles. The van der Waals surface area contributed by atoms with Gasteiger partial charge < -0.3 is 10.6 Å². The SMILES string of the molecule is c1ccc(NC2CCCNC2)c(Cn2cccn2)c1. The predicted octanol–water partition coefficient (Wildman–Crippen LogP) is 2.10. The summed E-state index contributed by atoms with van der Waals surface area (Å²) in [5.74, 6) is 0. The molecule has 100 valence electrons. The lowest BCUT2D eigenvalue weighted by Gasteiger charge is -2.26. The summed E-state index contributed by atoms with van der Waals surface area (Å²) in [6.07, 6.45) is 6.31. The summed E-state index contributed by atoms with van der Waals surface area (Å²) in [4.78, 5) is 0. The number of piperidine rings is 1. The second-order valence-corrected chi connectivity index (χ2v) is 5.05. The fourth-order valence-electron chi connectivity index (χ4n) is 2.56. The molecule has 1 aromatic heterocycles. The highest BCUT2D eigenvalue weighted by Crippen LogP contribution is 2.19. The van der Waals surface area contributed by atoms with Gasteiger partial charge in [-0.1, -0.05) is 18.2 Å². The Morgan fingerprint density at radius 2 is 2.26 bits per heavy atom. The van der Waals surface area contributed by atoms with Gasteiger partial charge in [-0.25, -0.2) is 0 Å². The molecule has 0 spiro atoms. The Hall–Kier alpha value is -1.81. The van der Waals surface area contributed by atoms with E-state index >= 15 is 0 Å². The van der Waals surface area contributed by atoms with E-state index in [0.717, 1.165) is 19.6 Å². The first kappa shape index (κ1) is 12.2. The second-order valence-electron chi connectivity index (χ2n) is 5.05. The molecule has 3 rings (SSSR count). The topological polar surface area (TPSA) is 41.9 Å². The summed E-state index contributed by atoms with van der Waals surface area (Å²) >= 11 is 0. The van der Waals surface area contributed by atoms with Gasteiger partial charge in [-0.15, -0.1) is 0 Å². The van der Waals surface area contributed by atoms with Crippen molar-refractivity contribution in [3.05, 3.63) is 48.3 Å². The van der Waals surface area contributed by atoms with Crippen LogP contribution in [0.3, 0.4) is 0 Å². The summed E-state index contributed by atoms with van der Waals surface area (Å²) in [5, 5.41) is 11.4. The molecule has 1 aromatic carbocycles. The minimum Gasteiger partial charge on any atom is -0.381 e. The van der Waals surface area contributed by atoms with E-state index in [2.05, 4.69) is 40.0 Å². The van der Waals surface area contributed by atoms with Crippen LogP contribution in [0, 0.1) is 0 Å². The van der Waals surface area contributed by atoms with Gasteiger partial charge in [-0.05, 0) is 37.1 Å². The van der Waals surface area contributed by atoms with Crippen LogP contribution in [0.2, 0.25) is 0 Å². The van der Waals surface area contributed by atoms with Crippen LogP contribution in [0.15, 0.2) is 42.7 Å². The standard InChI is InChI=1S/C15H20N4/c1-2-7-15(18-14-6-3-8-16-11-14)13(5-1)12-19-10-4-9-17-19/h1-2,4-5,7,9-10,14,16,18H,3,6,8,11-12H2. The fourth-order valence-corrected chi connectivity index (χ4v) is 2.56. The van der Waals surface area contributed by atoms with Crippen molar-refractivity contribution in [1.82, 2.24) is 15.1 Å². The first-order valence-corrected chi connectivity index (χ1v) is 6.94. The number of hydrogen-bond acceptors (Lipinski definition) is 3. The monoisotopic (exact) mass is 256 g/mol. The number of aromatic nitrogens is 2. The number of hydrogen-bond donors (Lipinski definition) is 2. The van der Waals surface area contributed by atoms with E-state index in [9.17, 15) is 0 Å². The maximum absolute atomic E-state index is 4.28. The minimum atomic E-state index is 0.535. The Bertz CT molecular complexity index is 501. The molecule has 19 heavy (non-hydrogen) atoms. The van der Waals surface area contributed by atoms with E-state index < -0.39 is 0 Å². The van der Waals surface area contributed by atoms with Gasteiger partial charge in [0.15, 0.2) is 0 Å². The molecule has 1 atom stereocenters. The molecule has 1 aliphatic heterocycles. The van der Waals surface area contributed by atoms with Crippen molar-refractivity contribution >= 4 is 5.69 Å². The zero-order chi connectivity index (χ0) is 12.9. The average Bonchev–Trinajstić information content (AvgIpc) is 2.95. The van der Waals surface area contributed by atoms with Gasteiger partial charge in [0.25, 0.3) is 0 Å². The number of rotatable bonds is 4. The van der Waals surface area contributed by atoms with Crippen molar-refractivity contribution in [3.63, 3.8) is 0 Å². The third-order valence-corrected chi connectivity index (χ3v) is 3.57. The molecule has 4 nitrogen and oxygen atoms in total. The van der Waals surface area contributed by atoms with Crippen molar-refractivity contribution in [2.45, 2.75) is 25.4 Å². The molecule has 0 saturated carbocycles. The van der Waals surface area contributed by atoms with Crippen molar-refractivity contribution in [2.75, 3.05) is 18.4 Å². The van der Waals surface area contributed by atoms with E-state index in [0.29, 0.717) is 6.04 Å². The quantitative estimate of drug-likeness (QED) is 0.880. The smallest absolute Gasteiger partial charge is 0.0679 e. The van der Waals surface area contributed by atoms with Crippen LogP contribution in [0.1, 0.15) is 18.4 Å². The van der Waals surface area contributed by atoms with Crippen LogP contribution >= 0.6 is 0 Å². The predicted molar refractivity (Wildman–Crippen MR) is 77.3 cm³/mol. The maximum atomic E-state index is 4.28. The first-order valence-electron chi connectivity index (χ1n) is 6.94. The van der Waals surface area contributed by atoms with E-state index in [1.807, 2.05) is 23.1 Å². The van der Waals surface area contributed by atoms with Crippen molar-refractivity contribution < 1.29 is 0 Å². The van der Waals surface area contributed by atoms with Gasteiger partial charge in [0, 0.05) is 30.7 Å². The van der Waals surface area contributed by atoms with Gasteiger partial charge in [0.1, 0.15) is 0 Å². The lowest BCUT2D eigenvalue weighted by atomic mass is 10.1. The molecule has 0 aliphatic carbocycles. The van der Waals surface area contributed by atoms with Crippen molar-refractivity contribution in [1.29, 1.82) is 0 Å². The molecular weight excluding hydrogens is 236 g/mol. The van der Waals surface area contributed by atoms with Crippen LogP contribution in [0.5, 0.6) is 0 Å². The normalized spacial score (nSPS) is 19.3. The summed E-state index contributed by atoms with van der Waals surface area (Å²) in [5.41, 5.74) is 2.52. The van der Waals surface area contributed by atoms with Crippen LogP contribution in [0.25, 0.3) is 0 Å². The van der Waals surface area contributed by atoms with Crippen LogP contribution < -0.4 is 10.6 Å². The lowest BCUT2D eigenvalue weighted by molar-refractivity contribution is 0.479. The zero-order valence-corrected chi connectivity index (χ0v) is 11.0. The Kier molecular flexibility index (Phi) is 3.79. The number of para-hydroxylation sites is 1. The third-order valence-electron chi connectivity index (χ3n) is 3.57.